The predicted molar refractivity (Wildman–Crippen MR) is 56.4 cm³/mol. The molecule has 1 aromatic carbocycles. The number of carbonyl (C=O) groups is 1. The third kappa shape index (κ3) is 1.97. The molecule has 0 aliphatic rings. The van der Waals surface area contributed by atoms with Gasteiger partial charge in [0.2, 0.25) is 5.78 Å². The summed E-state index contributed by atoms with van der Waals surface area (Å²) in [5.74, 6) is 0.0950. The zero-order valence-corrected chi connectivity index (χ0v) is 8.09. The van der Waals surface area contributed by atoms with Gasteiger partial charge < -0.3 is 10.2 Å². The van der Waals surface area contributed by atoms with Gasteiger partial charge in [0.1, 0.15) is 0 Å². The average molecular weight is 201 g/mol. The maximum Gasteiger partial charge on any atom is 0.219 e. The van der Waals surface area contributed by atoms with Gasteiger partial charge in [-0.1, -0.05) is 30.3 Å². The van der Waals surface area contributed by atoms with Crippen molar-refractivity contribution in [3.63, 3.8) is 0 Å². The van der Waals surface area contributed by atoms with Crippen LogP contribution in [0.1, 0.15) is 22.2 Å². The zero-order chi connectivity index (χ0) is 10.7. The molecule has 2 N–H and O–H groups in total. The van der Waals surface area contributed by atoms with E-state index in [1.807, 2.05) is 30.3 Å². The maximum atomic E-state index is 11.8. The van der Waals surface area contributed by atoms with Crippen molar-refractivity contribution in [2.75, 3.05) is 0 Å². The molecule has 0 saturated carbocycles. The average Bonchev–Trinajstić information content (AvgIpc) is 2.82. The van der Waals surface area contributed by atoms with Crippen LogP contribution >= 0.6 is 0 Å². The molecule has 3 nitrogen and oxygen atoms in total. The van der Waals surface area contributed by atoms with Gasteiger partial charge >= 0.3 is 0 Å². The van der Waals surface area contributed by atoms with E-state index in [1.165, 1.54) is 6.26 Å². The number of benzene rings is 1. The highest BCUT2D eigenvalue weighted by Crippen LogP contribution is 2.15. The topological polar surface area (TPSA) is 56.2 Å². The Morgan fingerprint density at radius 1 is 1.13 bits per heavy atom. The molecule has 0 aliphatic carbocycles. The highest BCUT2D eigenvalue weighted by Gasteiger charge is 2.19. The Bertz CT molecular complexity index is 434. The van der Waals surface area contributed by atoms with Crippen LogP contribution in [-0.2, 0) is 0 Å². The lowest BCUT2D eigenvalue weighted by molar-refractivity contribution is 0.0934. The van der Waals surface area contributed by atoms with Gasteiger partial charge in [0.15, 0.2) is 5.76 Å². The summed E-state index contributed by atoms with van der Waals surface area (Å²) >= 11 is 0. The van der Waals surface area contributed by atoms with Crippen molar-refractivity contribution < 1.29 is 9.21 Å². The minimum absolute atomic E-state index is 0.203. The van der Waals surface area contributed by atoms with Crippen LogP contribution < -0.4 is 5.73 Å². The number of furan rings is 1. The van der Waals surface area contributed by atoms with E-state index in [9.17, 15) is 4.79 Å². The molecule has 0 saturated heterocycles. The molecule has 76 valence electrons. The molecule has 0 amide bonds. The van der Waals surface area contributed by atoms with E-state index >= 15 is 0 Å². The Balaban J connectivity index is 2.23. The number of hydrogen-bond acceptors (Lipinski definition) is 3. The van der Waals surface area contributed by atoms with Crippen molar-refractivity contribution in [1.29, 1.82) is 0 Å². The summed E-state index contributed by atoms with van der Waals surface area (Å²) in [7, 11) is 0. The first-order valence-electron chi connectivity index (χ1n) is 4.67. The van der Waals surface area contributed by atoms with E-state index in [0.29, 0.717) is 5.76 Å². The van der Waals surface area contributed by atoms with Gasteiger partial charge in [0.05, 0.1) is 12.3 Å². The van der Waals surface area contributed by atoms with Gasteiger partial charge in [-0.2, -0.15) is 0 Å². The summed E-state index contributed by atoms with van der Waals surface area (Å²) < 4.78 is 5.01. The molecule has 1 heterocycles. The number of ketones is 1. The fourth-order valence-corrected chi connectivity index (χ4v) is 1.38. The monoisotopic (exact) mass is 201 g/mol. The molecule has 0 radical (unpaired) electrons. The summed E-state index contributed by atoms with van der Waals surface area (Å²) in [5, 5.41) is 0. The SMILES string of the molecule is N[C@@H](C(=O)c1ccco1)c1ccccc1. The first kappa shape index (κ1) is 9.68. The fourth-order valence-electron chi connectivity index (χ4n) is 1.38. The van der Waals surface area contributed by atoms with Crippen LogP contribution in [0.4, 0.5) is 0 Å². The zero-order valence-electron chi connectivity index (χ0n) is 8.09. The number of nitrogens with two attached hydrogens (primary N) is 1. The largest absolute Gasteiger partial charge is 0.461 e. The summed E-state index contributed by atoms with van der Waals surface area (Å²) in [6.07, 6.45) is 1.46. The third-order valence-electron chi connectivity index (χ3n) is 2.21. The Morgan fingerprint density at radius 3 is 2.47 bits per heavy atom. The van der Waals surface area contributed by atoms with Crippen molar-refractivity contribution in [3.05, 3.63) is 60.1 Å². The van der Waals surface area contributed by atoms with Crippen molar-refractivity contribution in [2.45, 2.75) is 6.04 Å². The molecule has 0 aliphatic heterocycles. The number of rotatable bonds is 3. The van der Waals surface area contributed by atoms with Gasteiger partial charge in [-0.15, -0.1) is 0 Å². The highest BCUT2D eigenvalue weighted by molar-refractivity contribution is 5.98. The lowest BCUT2D eigenvalue weighted by Crippen LogP contribution is -2.20. The second kappa shape index (κ2) is 4.11. The molecule has 3 heteroatoms. The minimum Gasteiger partial charge on any atom is -0.461 e. The van der Waals surface area contributed by atoms with Crippen LogP contribution in [0.15, 0.2) is 53.1 Å². The molecule has 0 spiro atoms. The standard InChI is InChI=1S/C12H11NO2/c13-11(9-5-2-1-3-6-9)12(14)10-7-4-8-15-10/h1-8,11H,13H2/t11-/m1/s1. The van der Waals surface area contributed by atoms with E-state index in [0.717, 1.165) is 5.56 Å². The molecular formula is C12H11NO2. The van der Waals surface area contributed by atoms with Gasteiger partial charge in [0, 0.05) is 0 Å². The molecular weight excluding hydrogens is 190 g/mol. The third-order valence-corrected chi connectivity index (χ3v) is 2.21. The Hall–Kier alpha value is -1.87. The molecule has 15 heavy (non-hydrogen) atoms. The van der Waals surface area contributed by atoms with E-state index in [1.54, 1.807) is 12.1 Å². The van der Waals surface area contributed by atoms with E-state index in [-0.39, 0.29) is 5.78 Å². The molecule has 0 bridgehead atoms. The second-order valence-corrected chi connectivity index (χ2v) is 3.23. The van der Waals surface area contributed by atoms with Crippen molar-refractivity contribution in [2.24, 2.45) is 5.73 Å². The van der Waals surface area contributed by atoms with Gasteiger partial charge in [-0.05, 0) is 17.7 Å². The number of hydrogen-bond donors (Lipinski definition) is 1. The predicted octanol–water partition coefficient (Wildman–Crippen LogP) is 2.16. The van der Waals surface area contributed by atoms with E-state index < -0.39 is 6.04 Å². The van der Waals surface area contributed by atoms with Crippen molar-refractivity contribution in [1.82, 2.24) is 0 Å². The molecule has 2 aromatic rings. The summed E-state index contributed by atoms with van der Waals surface area (Å²) in [6.45, 7) is 0. The molecule has 1 aromatic heterocycles. The van der Waals surface area contributed by atoms with Crippen molar-refractivity contribution >= 4 is 5.78 Å². The highest BCUT2D eigenvalue weighted by atomic mass is 16.3. The Kier molecular flexibility index (Phi) is 2.65. The van der Waals surface area contributed by atoms with Crippen molar-refractivity contribution in [3.8, 4) is 0 Å². The van der Waals surface area contributed by atoms with Gasteiger partial charge in [-0.3, -0.25) is 4.79 Å². The lowest BCUT2D eigenvalue weighted by Gasteiger charge is -2.08. The number of Topliss-reactive ketones (excluding diaryl/α,β-unsaturated/α-hetero) is 1. The van der Waals surface area contributed by atoms with E-state index in [4.69, 9.17) is 10.2 Å². The molecule has 0 unspecified atom stereocenters. The van der Waals surface area contributed by atoms with Crippen LogP contribution in [0.5, 0.6) is 0 Å². The van der Waals surface area contributed by atoms with Crippen LogP contribution in [0.3, 0.4) is 0 Å². The quantitative estimate of drug-likeness (QED) is 0.774. The molecule has 1 atom stereocenters. The summed E-state index contributed by atoms with van der Waals surface area (Å²) in [5.41, 5.74) is 6.61. The smallest absolute Gasteiger partial charge is 0.219 e. The second-order valence-electron chi connectivity index (χ2n) is 3.23. The first-order chi connectivity index (χ1) is 7.29. The maximum absolute atomic E-state index is 11.8. The van der Waals surface area contributed by atoms with Crippen LogP contribution in [0, 0.1) is 0 Å². The summed E-state index contributed by atoms with van der Waals surface area (Å²) in [6, 6.07) is 11.9. The fraction of sp³-hybridized carbons (Fsp3) is 0.0833. The minimum atomic E-state index is -0.655. The first-order valence-corrected chi connectivity index (χ1v) is 4.67. The Labute approximate surface area is 87.5 Å². The van der Waals surface area contributed by atoms with Gasteiger partial charge in [0.25, 0.3) is 0 Å². The van der Waals surface area contributed by atoms with Gasteiger partial charge in [-0.25, -0.2) is 0 Å². The number of carbonyl (C=O) groups excluding carboxylic acids is 1. The lowest BCUT2D eigenvalue weighted by atomic mass is 10.0. The summed E-state index contributed by atoms with van der Waals surface area (Å²) in [4.78, 5) is 11.8. The van der Waals surface area contributed by atoms with E-state index in [2.05, 4.69) is 0 Å². The normalized spacial score (nSPS) is 12.3. The van der Waals surface area contributed by atoms with Crippen LogP contribution in [0.25, 0.3) is 0 Å². The molecule has 0 fully saturated rings. The van der Waals surface area contributed by atoms with Crippen LogP contribution in [0.2, 0.25) is 0 Å². The van der Waals surface area contributed by atoms with Crippen LogP contribution in [-0.4, -0.2) is 5.78 Å². The molecule has 2 rings (SSSR count). The Morgan fingerprint density at radius 2 is 1.87 bits per heavy atom.